The first-order chi connectivity index (χ1) is 10.4. The number of fused-ring (bicyclic) bond motifs is 1. The molecule has 0 bridgehead atoms. The minimum absolute atomic E-state index is 0.577. The lowest BCUT2D eigenvalue weighted by atomic mass is 10.4. The second-order valence-electron chi connectivity index (χ2n) is 4.32. The van der Waals surface area contributed by atoms with Gasteiger partial charge < -0.3 is 4.52 Å². The van der Waals surface area contributed by atoms with Gasteiger partial charge in [-0.3, -0.25) is 4.40 Å². The van der Waals surface area contributed by atoms with E-state index in [4.69, 9.17) is 4.52 Å². The molecule has 4 heterocycles. The lowest BCUT2D eigenvalue weighted by Crippen LogP contribution is -1.89. The lowest BCUT2D eigenvalue weighted by Gasteiger charge is -1.97. The highest BCUT2D eigenvalue weighted by Crippen LogP contribution is 2.25. The average molecular weight is 314 g/mol. The van der Waals surface area contributed by atoms with Crippen molar-refractivity contribution in [1.82, 2.24) is 19.5 Å². The number of imidazole rings is 1. The smallest absolute Gasteiger partial charge is 0.268 e. The Morgan fingerprint density at radius 3 is 3.14 bits per heavy atom. The van der Waals surface area contributed by atoms with Gasteiger partial charge in [0, 0.05) is 6.20 Å². The van der Waals surface area contributed by atoms with Crippen molar-refractivity contribution in [2.45, 2.75) is 10.9 Å². The first-order valence-electron chi connectivity index (χ1n) is 6.31. The molecule has 0 saturated heterocycles. The number of thiophene rings is 1. The zero-order chi connectivity index (χ0) is 14.1. The Bertz CT molecular complexity index is 866. The molecule has 0 spiro atoms. The summed E-state index contributed by atoms with van der Waals surface area (Å²) >= 11 is 3.18. The maximum Gasteiger partial charge on any atom is 0.268 e. The Hall–Kier alpha value is -2.12. The first-order valence-corrected chi connectivity index (χ1v) is 8.18. The fourth-order valence-corrected chi connectivity index (χ4v) is 3.42. The molecule has 0 radical (unpaired) electrons. The van der Waals surface area contributed by atoms with Gasteiger partial charge in [-0.1, -0.05) is 29.1 Å². The predicted molar refractivity (Wildman–Crippen MR) is 82.4 cm³/mol. The molecule has 0 aromatic carbocycles. The van der Waals surface area contributed by atoms with E-state index in [2.05, 4.69) is 15.1 Å². The lowest BCUT2D eigenvalue weighted by molar-refractivity contribution is 0.426. The van der Waals surface area contributed by atoms with E-state index in [0.717, 1.165) is 15.6 Å². The molecule has 0 atom stereocenters. The van der Waals surface area contributed by atoms with E-state index in [9.17, 15) is 0 Å². The van der Waals surface area contributed by atoms with Gasteiger partial charge in [0.2, 0.25) is 0 Å². The van der Waals surface area contributed by atoms with Gasteiger partial charge in [-0.25, -0.2) is 4.98 Å². The minimum Gasteiger partial charge on any atom is -0.333 e. The molecule has 4 aromatic rings. The molecule has 0 aliphatic rings. The summed E-state index contributed by atoms with van der Waals surface area (Å²) in [5.41, 5.74) is 1.08. The van der Waals surface area contributed by atoms with Gasteiger partial charge in [-0.15, -0.1) is 11.3 Å². The summed E-state index contributed by atoms with van der Waals surface area (Å²) in [7, 11) is 0. The maximum atomic E-state index is 5.28. The third-order valence-electron chi connectivity index (χ3n) is 2.94. The Labute approximate surface area is 128 Å². The molecule has 0 saturated carbocycles. The van der Waals surface area contributed by atoms with E-state index >= 15 is 0 Å². The molecule has 0 fully saturated rings. The van der Waals surface area contributed by atoms with Crippen molar-refractivity contribution in [2.24, 2.45) is 0 Å². The first kappa shape index (κ1) is 12.6. The molecule has 4 aromatic heterocycles. The van der Waals surface area contributed by atoms with Crippen LogP contribution in [0.15, 0.2) is 57.8 Å². The Morgan fingerprint density at radius 2 is 2.24 bits per heavy atom. The molecule has 21 heavy (non-hydrogen) atoms. The van der Waals surface area contributed by atoms with Gasteiger partial charge >= 0.3 is 0 Å². The van der Waals surface area contributed by atoms with Crippen LogP contribution in [0, 0.1) is 0 Å². The van der Waals surface area contributed by atoms with Gasteiger partial charge in [0.1, 0.15) is 0 Å². The third kappa shape index (κ3) is 2.45. The van der Waals surface area contributed by atoms with Gasteiger partial charge in [0.05, 0.1) is 22.3 Å². The second-order valence-corrected chi connectivity index (χ2v) is 6.21. The van der Waals surface area contributed by atoms with E-state index in [0.29, 0.717) is 17.5 Å². The van der Waals surface area contributed by atoms with E-state index in [1.54, 1.807) is 23.1 Å². The average Bonchev–Trinajstić information content (AvgIpc) is 3.25. The van der Waals surface area contributed by atoms with Crippen LogP contribution in [-0.4, -0.2) is 19.5 Å². The summed E-state index contributed by atoms with van der Waals surface area (Å²) in [6.07, 6.45) is 3.85. The minimum atomic E-state index is 0.577. The molecule has 5 nitrogen and oxygen atoms in total. The topological polar surface area (TPSA) is 56.2 Å². The normalized spacial score (nSPS) is 11.2. The van der Waals surface area contributed by atoms with Crippen molar-refractivity contribution in [3.8, 4) is 10.8 Å². The molecule has 104 valence electrons. The largest absolute Gasteiger partial charge is 0.333 e. The van der Waals surface area contributed by atoms with Crippen LogP contribution in [-0.2, 0) is 5.75 Å². The van der Waals surface area contributed by atoms with Gasteiger partial charge in [-0.2, -0.15) is 4.98 Å². The van der Waals surface area contributed by atoms with Crippen molar-refractivity contribution >= 4 is 28.6 Å². The quantitative estimate of drug-likeness (QED) is 0.537. The van der Waals surface area contributed by atoms with Crippen LogP contribution in [0.2, 0.25) is 0 Å². The SMILES string of the molecule is c1csc(-c2nc(CSc3ncc4ccccn34)no2)c1. The van der Waals surface area contributed by atoms with Crippen LogP contribution in [0.1, 0.15) is 5.82 Å². The van der Waals surface area contributed by atoms with Crippen molar-refractivity contribution in [2.75, 3.05) is 0 Å². The number of hydrogen-bond donors (Lipinski definition) is 0. The molecule has 0 unspecified atom stereocenters. The highest BCUT2D eigenvalue weighted by molar-refractivity contribution is 7.98. The van der Waals surface area contributed by atoms with Crippen molar-refractivity contribution < 1.29 is 4.52 Å². The summed E-state index contributed by atoms with van der Waals surface area (Å²) in [5, 5.41) is 6.93. The zero-order valence-corrected chi connectivity index (χ0v) is 12.5. The molecule has 4 rings (SSSR count). The second kappa shape index (κ2) is 5.34. The number of pyridine rings is 1. The molecule has 0 aliphatic heterocycles. The predicted octanol–water partition coefficient (Wildman–Crippen LogP) is 3.74. The van der Waals surface area contributed by atoms with Gasteiger partial charge in [-0.05, 0) is 23.6 Å². The van der Waals surface area contributed by atoms with Crippen LogP contribution < -0.4 is 0 Å². The third-order valence-corrected chi connectivity index (χ3v) is 4.76. The van der Waals surface area contributed by atoms with E-state index in [-0.39, 0.29) is 0 Å². The molecular formula is C14H10N4OS2. The fraction of sp³-hybridized carbons (Fsp3) is 0.0714. The number of nitrogens with zero attached hydrogens (tertiary/aromatic N) is 4. The summed E-state index contributed by atoms with van der Waals surface area (Å²) < 4.78 is 7.32. The van der Waals surface area contributed by atoms with E-state index in [1.165, 1.54) is 0 Å². The molecule has 0 N–H and O–H groups in total. The Kier molecular flexibility index (Phi) is 3.21. The van der Waals surface area contributed by atoms with Crippen LogP contribution >= 0.6 is 23.1 Å². The summed E-state index contributed by atoms with van der Waals surface area (Å²) in [6.45, 7) is 0. The number of rotatable bonds is 4. The van der Waals surface area contributed by atoms with Gasteiger partial charge in [0.25, 0.3) is 5.89 Å². The van der Waals surface area contributed by atoms with Crippen molar-refractivity contribution in [3.05, 3.63) is 53.9 Å². The van der Waals surface area contributed by atoms with Crippen molar-refractivity contribution in [1.29, 1.82) is 0 Å². The summed E-state index contributed by atoms with van der Waals surface area (Å²) in [4.78, 5) is 9.81. The summed E-state index contributed by atoms with van der Waals surface area (Å²) in [5.74, 6) is 1.88. The van der Waals surface area contributed by atoms with E-state index in [1.807, 2.05) is 52.5 Å². The molecule has 0 amide bonds. The number of aromatic nitrogens is 4. The van der Waals surface area contributed by atoms with Crippen LogP contribution in [0.4, 0.5) is 0 Å². The monoisotopic (exact) mass is 314 g/mol. The molecular weight excluding hydrogens is 304 g/mol. The molecule has 0 aliphatic carbocycles. The van der Waals surface area contributed by atoms with Crippen molar-refractivity contribution in [3.63, 3.8) is 0 Å². The highest BCUT2D eigenvalue weighted by Gasteiger charge is 2.11. The Balaban J connectivity index is 1.52. The fourth-order valence-electron chi connectivity index (χ4n) is 1.97. The summed E-state index contributed by atoms with van der Waals surface area (Å²) in [6, 6.07) is 9.95. The van der Waals surface area contributed by atoms with Gasteiger partial charge in [0.15, 0.2) is 11.0 Å². The highest BCUT2D eigenvalue weighted by atomic mass is 32.2. The van der Waals surface area contributed by atoms with Crippen LogP contribution in [0.3, 0.4) is 0 Å². The number of thioether (sulfide) groups is 1. The van der Waals surface area contributed by atoms with Crippen LogP contribution in [0.25, 0.3) is 16.3 Å². The zero-order valence-electron chi connectivity index (χ0n) is 10.8. The molecule has 7 heteroatoms. The van der Waals surface area contributed by atoms with Crippen LogP contribution in [0.5, 0.6) is 0 Å². The van der Waals surface area contributed by atoms with E-state index < -0.39 is 0 Å². The maximum absolute atomic E-state index is 5.28. The Morgan fingerprint density at radius 1 is 1.24 bits per heavy atom. The standard InChI is InChI=1S/C14H10N4OS2/c1-2-6-18-10(4-1)8-15-14(18)21-9-12-16-13(19-17-12)11-5-3-7-20-11/h1-8H,9H2. The number of hydrogen-bond acceptors (Lipinski definition) is 6.